The normalized spacial score (nSPS) is 21.5. The van der Waals surface area contributed by atoms with E-state index in [2.05, 4.69) is 15.9 Å². The number of ketones is 1. The molecule has 0 aliphatic carbocycles. The van der Waals surface area contributed by atoms with Crippen LogP contribution in [0.25, 0.3) is 0 Å². The van der Waals surface area contributed by atoms with Crippen molar-refractivity contribution in [3.05, 3.63) is 14.9 Å². The zero-order valence-electron chi connectivity index (χ0n) is 10.2. The molecule has 19 heavy (non-hydrogen) atoms. The molecule has 2 rings (SSSR count). The third-order valence-electron chi connectivity index (χ3n) is 3.18. The third kappa shape index (κ3) is 3.21. The fourth-order valence-corrected chi connectivity index (χ4v) is 6.15. The Kier molecular flexibility index (Phi) is 4.72. The van der Waals surface area contributed by atoms with E-state index in [9.17, 15) is 13.2 Å². The first kappa shape index (κ1) is 15.4. The molecule has 1 aliphatic rings. The van der Waals surface area contributed by atoms with Crippen LogP contribution in [0.15, 0.2) is 14.1 Å². The topological polar surface area (TPSA) is 54.5 Å². The molecular weight excluding hydrogens is 374 g/mol. The number of rotatable bonds is 3. The number of hydrogen-bond donors (Lipinski definition) is 0. The molecule has 0 bridgehead atoms. The van der Waals surface area contributed by atoms with E-state index in [1.165, 1.54) is 17.3 Å². The highest BCUT2D eigenvalue weighted by molar-refractivity contribution is 9.11. The van der Waals surface area contributed by atoms with Crippen LogP contribution in [0.4, 0.5) is 0 Å². The SMILES string of the molecule is CC(=O)C1CCCN(S(=O)(=O)c2cc(Cl)c(Br)s2)C1. The van der Waals surface area contributed by atoms with E-state index >= 15 is 0 Å². The van der Waals surface area contributed by atoms with Gasteiger partial charge in [0.05, 0.1) is 8.81 Å². The molecule has 0 saturated carbocycles. The van der Waals surface area contributed by atoms with Gasteiger partial charge in [-0.1, -0.05) is 11.6 Å². The molecule has 0 amide bonds. The van der Waals surface area contributed by atoms with Crippen LogP contribution in [0.1, 0.15) is 19.8 Å². The lowest BCUT2D eigenvalue weighted by Crippen LogP contribution is -2.41. The first-order valence-electron chi connectivity index (χ1n) is 5.78. The number of sulfonamides is 1. The van der Waals surface area contributed by atoms with Crippen molar-refractivity contribution >= 4 is 54.7 Å². The van der Waals surface area contributed by atoms with E-state index in [1.807, 2.05) is 0 Å². The molecule has 1 aromatic rings. The number of piperidine rings is 1. The summed E-state index contributed by atoms with van der Waals surface area (Å²) in [6.45, 7) is 2.24. The molecule has 0 N–H and O–H groups in total. The van der Waals surface area contributed by atoms with Gasteiger partial charge in [-0.15, -0.1) is 11.3 Å². The number of carbonyl (C=O) groups is 1. The molecule has 106 valence electrons. The van der Waals surface area contributed by atoms with Gasteiger partial charge in [-0.3, -0.25) is 4.79 Å². The van der Waals surface area contributed by atoms with E-state index in [0.29, 0.717) is 21.8 Å². The summed E-state index contributed by atoms with van der Waals surface area (Å²) in [4.78, 5) is 11.4. The lowest BCUT2D eigenvalue weighted by molar-refractivity contribution is -0.121. The van der Waals surface area contributed by atoms with Crippen LogP contribution >= 0.6 is 38.9 Å². The Labute approximate surface area is 129 Å². The Balaban J connectivity index is 2.26. The summed E-state index contributed by atoms with van der Waals surface area (Å²) in [5, 5.41) is 0.392. The van der Waals surface area contributed by atoms with E-state index in [4.69, 9.17) is 11.6 Å². The summed E-state index contributed by atoms with van der Waals surface area (Å²) < 4.78 is 27.1. The van der Waals surface area contributed by atoms with Gasteiger partial charge in [-0.2, -0.15) is 4.31 Å². The summed E-state index contributed by atoms with van der Waals surface area (Å²) in [7, 11) is -3.54. The van der Waals surface area contributed by atoms with Gasteiger partial charge in [-0.05, 0) is 41.8 Å². The van der Waals surface area contributed by atoms with Crippen molar-refractivity contribution < 1.29 is 13.2 Å². The highest BCUT2D eigenvalue weighted by atomic mass is 79.9. The van der Waals surface area contributed by atoms with E-state index < -0.39 is 10.0 Å². The summed E-state index contributed by atoms with van der Waals surface area (Å²) >= 11 is 10.2. The highest BCUT2D eigenvalue weighted by Crippen LogP contribution is 2.36. The molecule has 1 unspecified atom stereocenters. The minimum atomic E-state index is -3.54. The lowest BCUT2D eigenvalue weighted by Gasteiger charge is -2.30. The maximum Gasteiger partial charge on any atom is 0.252 e. The zero-order valence-corrected chi connectivity index (χ0v) is 14.2. The van der Waals surface area contributed by atoms with Gasteiger partial charge < -0.3 is 0 Å². The number of thiophene rings is 1. The minimum Gasteiger partial charge on any atom is -0.300 e. The van der Waals surface area contributed by atoms with E-state index in [-0.39, 0.29) is 22.5 Å². The Bertz CT molecular complexity index is 580. The third-order valence-corrected chi connectivity index (χ3v) is 7.96. The van der Waals surface area contributed by atoms with Gasteiger partial charge in [0, 0.05) is 19.0 Å². The largest absolute Gasteiger partial charge is 0.300 e. The van der Waals surface area contributed by atoms with E-state index in [1.54, 1.807) is 0 Å². The van der Waals surface area contributed by atoms with Gasteiger partial charge in [0.25, 0.3) is 10.0 Å². The average molecular weight is 387 g/mol. The second-order valence-electron chi connectivity index (χ2n) is 4.50. The molecule has 1 fully saturated rings. The molecule has 1 atom stereocenters. The Morgan fingerprint density at radius 3 is 2.79 bits per heavy atom. The van der Waals surface area contributed by atoms with Crippen molar-refractivity contribution in [2.75, 3.05) is 13.1 Å². The second kappa shape index (κ2) is 5.81. The first-order chi connectivity index (χ1) is 8.82. The maximum atomic E-state index is 12.5. The Morgan fingerprint density at radius 1 is 1.58 bits per heavy atom. The molecule has 8 heteroatoms. The molecule has 0 spiro atoms. The molecule has 1 saturated heterocycles. The maximum absolute atomic E-state index is 12.5. The van der Waals surface area contributed by atoms with Crippen LogP contribution in [0, 0.1) is 5.92 Å². The van der Waals surface area contributed by atoms with E-state index in [0.717, 1.165) is 17.8 Å². The van der Waals surface area contributed by atoms with Gasteiger partial charge in [0.15, 0.2) is 0 Å². The predicted molar refractivity (Wildman–Crippen MR) is 79.2 cm³/mol. The summed E-state index contributed by atoms with van der Waals surface area (Å²) in [6.07, 6.45) is 1.47. The summed E-state index contributed by atoms with van der Waals surface area (Å²) in [6, 6.07) is 1.45. The monoisotopic (exact) mass is 385 g/mol. The quantitative estimate of drug-likeness (QED) is 0.802. The number of hydrogen-bond acceptors (Lipinski definition) is 4. The van der Waals surface area contributed by atoms with Gasteiger partial charge in [0.2, 0.25) is 0 Å². The molecule has 1 aromatic heterocycles. The van der Waals surface area contributed by atoms with Crippen molar-refractivity contribution in [3.63, 3.8) is 0 Å². The van der Waals surface area contributed by atoms with Crippen LogP contribution in [-0.2, 0) is 14.8 Å². The molecule has 0 radical (unpaired) electrons. The summed E-state index contributed by atoms with van der Waals surface area (Å²) in [5.41, 5.74) is 0. The average Bonchev–Trinajstić information content (AvgIpc) is 2.70. The number of halogens is 2. The molecule has 4 nitrogen and oxygen atoms in total. The minimum absolute atomic E-state index is 0.0466. The fraction of sp³-hybridized carbons (Fsp3) is 0.545. The summed E-state index contributed by atoms with van der Waals surface area (Å²) in [5.74, 6) is -0.146. The highest BCUT2D eigenvalue weighted by Gasteiger charge is 2.33. The first-order valence-corrected chi connectivity index (χ1v) is 9.20. The fourth-order valence-electron chi connectivity index (χ4n) is 2.07. The smallest absolute Gasteiger partial charge is 0.252 e. The molecular formula is C11H13BrClNO3S2. The van der Waals surface area contributed by atoms with Crippen molar-refractivity contribution in [3.8, 4) is 0 Å². The van der Waals surface area contributed by atoms with Crippen molar-refractivity contribution in [1.82, 2.24) is 4.31 Å². The Hall–Kier alpha value is 0.0500. The van der Waals surface area contributed by atoms with Gasteiger partial charge in [0.1, 0.15) is 9.99 Å². The van der Waals surface area contributed by atoms with Crippen LogP contribution in [0.2, 0.25) is 5.02 Å². The van der Waals surface area contributed by atoms with Gasteiger partial charge >= 0.3 is 0 Å². The molecule has 1 aliphatic heterocycles. The standard InChI is InChI=1S/C11H13BrClNO3S2/c1-7(15)8-3-2-4-14(6-8)19(16,17)10-5-9(13)11(12)18-10/h5,8H,2-4,6H2,1H3. The lowest BCUT2D eigenvalue weighted by atomic mass is 9.96. The second-order valence-corrected chi connectivity index (χ2v) is 9.44. The van der Waals surface area contributed by atoms with Crippen molar-refractivity contribution in [2.24, 2.45) is 5.92 Å². The molecule has 0 aromatic carbocycles. The van der Waals surface area contributed by atoms with Crippen molar-refractivity contribution in [1.29, 1.82) is 0 Å². The Morgan fingerprint density at radius 2 is 2.26 bits per heavy atom. The zero-order chi connectivity index (χ0) is 14.2. The number of carbonyl (C=O) groups excluding carboxylic acids is 1. The van der Waals surface area contributed by atoms with Crippen LogP contribution < -0.4 is 0 Å². The predicted octanol–water partition coefficient (Wildman–Crippen LogP) is 3.15. The van der Waals surface area contributed by atoms with Crippen LogP contribution in [0.5, 0.6) is 0 Å². The number of nitrogens with zero attached hydrogens (tertiary/aromatic N) is 1. The van der Waals surface area contributed by atoms with Crippen molar-refractivity contribution in [2.45, 2.75) is 24.0 Å². The van der Waals surface area contributed by atoms with Gasteiger partial charge in [-0.25, -0.2) is 8.42 Å². The number of Topliss-reactive ketones (excluding diaryl/α,β-unsaturated/α-hetero) is 1. The molecule has 2 heterocycles. The van der Waals surface area contributed by atoms with Crippen LogP contribution in [0.3, 0.4) is 0 Å². The van der Waals surface area contributed by atoms with Crippen LogP contribution in [-0.4, -0.2) is 31.6 Å².